The van der Waals surface area contributed by atoms with Crippen molar-refractivity contribution in [2.45, 2.75) is 64.7 Å². The van der Waals surface area contributed by atoms with Gasteiger partial charge >= 0.3 is 6.16 Å². The third-order valence-corrected chi connectivity index (χ3v) is 8.88. The maximum absolute atomic E-state index is 13.5. The summed E-state index contributed by atoms with van der Waals surface area (Å²) in [4.78, 5) is 30.8. The van der Waals surface area contributed by atoms with E-state index in [4.69, 9.17) is 9.72 Å². The number of hydrogen-bond acceptors (Lipinski definition) is 6. The number of carbonyl (C=O) groups excluding carboxylic acids is 1. The molecule has 2 N–H and O–H groups in total. The maximum atomic E-state index is 13.5. The zero-order valence-corrected chi connectivity index (χ0v) is 19.2. The molecule has 31 heavy (non-hydrogen) atoms. The van der Waals surface area contributed by atoms with Crippen molar-refractivity contribution >= 4 is 39.7 Å². The molecule has 4 aliphatic carbocycles. The Hall–Kier alpha value is -2.19. The molecule has 2 aromatic heterocycles. The van der Waals surface area contributed by atoms with E-state index in [9.17, 15) is 14.7 Å². The SMILES string of the molecule is Cc1csc(-c2c(NC(=O)C3=C(OC(=O)O)C4CCC3CC4)sc3c2CCCCC3)n1. The lowest BCUT2D eigenvalue weighted by atomic mass is 9.70. The molecule has 0 spiro atoms. The van der Waals surface area contributed by atoms with E-state index in [0.717, 1.165) is 66.2 Å². The molecule has 4 aliphatic rings. The highest BCUT2D eigenvalue weighted by molar-refractivity contribution is 7.18. The fraction of sp³-hybridized carbons (Fsp3) is 0.522. The van der Waals surface area contributed by atoms with Gasteiger partial charge in [-0.15, -0.1) is 22.7 Å². The predicted molar refractivity (Wildman–Crippen MR) is 122 cm³/mol. The summed E-state index contributed by atoms with van der Waals surface area (Å²) in [6.45, 7) is 1.99. The van der Waals surface area contributed by atoms with Gasteiger partial charge < -0.3 is 15.2 Å². The molecule has 0 radical (unpaired) electrons. The van der Waals surface area contributed by atoms with Gasteiger partial charge in [-0.05, 0) is 69.8 Å². The highest BCUT2D eigenvalue weighted by atomic mass is 32.1. The number of allylic oxidation sites excluding steroid dienone is 1. The van der Waals surface area contributed by atoms with Gasteiger partial charge in [0, 0.05) is 27.4 Å². The first-order valence-corrected chi connectivity index (χ1v) is 12.7. The number of fused-ring (bicyclic) bond motifs is 3. The van der Waals surface area contributed by atoms with Gasteiger partial charge in [-0.1, -0.05) is 6.42 Å². The summed E-state index contributed by atoms with van der Waals surface area (Å²) in [5.41, 5.74) is 3.91. The number of thiazole rings is 1. The first kappa shape index (κ1) is 20.7. The van der Waals surface area contributed by atoms with Crippen LogP contribution in [-0.4, -0.2) is 22.2 Å². The van der Waals surface area contributed by atoms with Crippen molar-refractivity contribution in [1.82, 2.24) is 4.98 Å². The Labute approximate surface area is 189 Å². The Bertz CT molecular complexity index is 1060. The standard InChI is InChI=1S/C23H26N2O4S2/c1-12-11-30-21(24-12)18-15-5-3-2-4-6-16(15)31-22(18)25-20(26)17-13-7-9-14(10-8-13)19(17)29-23(27)28/h11,13-14H,2-10H2,1H3,(H,25,26)(H,27,28). The summed E-state index contributed by atoms with van der Waals surface area (Å²) in [5, 5.41) is 16.2. The van der Waals surface area contributed by atoms with E-state index in [1.807, 2.05) is 12.3 Å². The van der Waals surface area contributed by atoms with Gasteiger partial charge in [0.25, 0.3) is 5.91 Å². The first-order chi connectivity index (χ1) is 15.0. The molecule has 8 heteroatoms. The minimum atomic E-state index is -1.34. The fourth-order valence-corrected chi connectivity index (χ4v) is 7.52. The van der Waals surface area contributed by atoms with Crippen LogP contribution in [-0.2, 0) is 22.4 Å². The normalized spacial score (nSPS) is 22.7. The minimum absolute atomic E-state index is 0.0305. The molecule has 164 valence electrons. The Balaban J connectivity index is 1.54. The summed E-state index contributed by atoms with van der Waals surface area (Å²) in [6, 6.07) is 0. The molecule has 1 fully saturated rings. The summed E-state index contributed by atoms with van der Waals surface area (Å²) in [5.74, 6) is 0.263. The number of nitrogens with zero attached hydrogens (tertiary/aromatic N) is 1. The van der Waals surface area contributed by atoms with Crippen LogP contribution in [0.3, 0.4) is 0 Å². The number of amides is 1. The lowest BCUT2D eigenvalue weighted by Gasteiger charge is -2.37. The van der Waals surface area contributed by atoms with Crippen LogP contribution in [0, 0.1) is 18.8 Å². The zero-order valence-electron chi connectivity index (χ0n) is 17.5. The number of rotatable bonds is 4. The maximum Gasteiger partial charge on any atom is 0.511 e. The first-order valence-electron chi connectivity index (χ1n) is 11.0. The van der Waals surface area contributed by atoms with Crippen LogP contribution in [0.25, 0.3) is 10.6 Å². The van der Waals surface area contributed by atoms with Crippen LogP contribution in [0.4, 0.5) is 9.80 Å². The molecule has 2 aromatic rings. The number of aryl methyl sites for hydroxylation is 2. The zero-order chi connectivity index (χ0) is 21.5. The van der Waals surface area contributed by atoms with Gasteiger partial charge in [-0.3, -0.25) is 4.79 Å². The molecule has 0 unspecified atom stereocenters. The number of hydrogen-bond donors (Lipinski definition) is 2. The van der Waals surface area contributed by atoms with Gasteiger partial charge in [0.15, 0.2) is 0 Å². The molecule has 1 amide bonds. The van der Waals surface area contributed by atoms with Crippen molar-refractivity contribution in [1.29, 1.82) is 0 Å². The average Bonchev–Trinajstić information content (AvgIpc) is 3.23. The molecular formula is C23H26N2O4S2. The smallest absolute Gasteiger partial charge is 0.449 e. The van der Waals surface area contributed by atoms with E-state index in [2.05, 4.69) is 5.32 Å². The van der Waals surface area contributed by atoms with E-state index in [-0.39, 0.29) is 17.7 Å². The summed E-state index contributed by atoms with van der Waals surface area (Å²) < 4.78 is 5.14. The van der Waals surface area contributed by atoms with Crippen LogP contribution in [0.5, 0.6) is 0 Å². The van der Waals surface area contributed by atoms with E-state index in [1.165, 1.54) is 23.3 Å². The van der Waals surface area contributed by atoms with Crippen molar-refractivity contribution in [3.63, 3.8) is 0 Å². The number of ether oxygens (including phenoxy) is 1. The van der Waals surface area contributed by atoms with Gasteiger partial charge in [0.2, 0.25) is 0 Å². The third-order valence-electron chi connectivity index (χ3n) is 6.69. The van der Waals surface area contributed by atoms with E-state index >= 15 is 0 Å². The molecular weight excluding hydrogens is 432 g/mol. The van der Waals surface area contributed by atoms with Crippen molar-refractivity contribution in [2.75, 3.05) is 5.32 Å². The summed E-state index contributed by atoms with van der Waals surface area (Å²) in [6.07, 6.45) is 7.87. The highest BCUT2D eigenvalue weighted by Crippen LogP contribution is 2.48. The Morgan fingerprint density at radius 2 is 1.87 bits per heavy atom. The molecule has 2 heterocycles. The predicted octanol–water partition coefficient (Wildman–Crippen LogP) is 6.16. The van der Waals surface area contributed by atoms with E-state index in [1.54, 1.807) is 22.7 Å². The van der Waals surface area contributed by atoms with Crippen molar-refractivity contribution in [3.05, 3.63) is 32.8 Å². The molecule has 2 bridgehead atoms. The molecule has 6 nitrogen and oxygen atoms in total. The second-order valence-corrected chi connectivity index (χ2v) is 10.7. The number of nitrogens with one attached hydrogen (secondary N) is 1. The molecule has 0 atom stereocenters. The van der Waals surface area contributed by atoms with Gasteiger partial charge in [-0.2, -0.15) is 0 Å². The van der Waals surface area contributed by atoms with Crippen molar-refractivity contribution in [2.24, 2.45) is 11.8 Å². The summed E-state index contributed by atoms with van der Waals surface area (Å²) >= 11 is 3.28. The van der Waals surface area contributed by atoms with Crippen molar-refractivity contribution in [3.8, 4) is 10.6 Å². The average molecular weight is 459 g/mol. The number of thiophene rings is 1. The molecule has 0 aromatic carbocycles. The lowest BCUT2D eigenvalue weighted by molar-refractivity contribution is -0.114. The minimum Gasteiger partial charge on any atom is -0.449 e. The van der Waals surface area contributed by atoms with Crippen LogP contribution >= 0.6 is 22.7 Å². The Morgan fingerprint density at radius 1 is 1.13 bits per heavy atom. The van der Waals surface area contributed by atoms with E-state index in [0.29, 0.717) is 11.3 Å². The Morgan fingerprint density at radius 3 is 2.58 bits per heavy atom. The fourth-order valence-electron chi connectivity index (χ4n) is 5.29. The molecule has 6 rings (SSSR count). The molecule has 0 aliphatic heterocycles. The van der Waals surface area contributed by atoms with E-state index < -0.39 is 6.16 Å². The number of carbonyl (C=O) groups is 2. The van der Waals surface area contributed by atoms with Gasteiger partial charge in [0.1, 0.15) is 15.8 Å². The van der Waals surface area contributed by atoms with Crippen LogP contribution < -0.4 is 5.32 Å². The number of carboxylic acid groups (broad SMARTS) is 1. The van der Waals surface area contributed by atoms with Crippen LogP contribution in [0.2, 0.25) is 0 Å². The van der Waals surface area contributed by atoms with Crippen LogP contribution in [0.15, 0.2) is 16.7 Å². The largest absolute Gasteiger partial charge is 0.511 e. The second-order valence-electron chi connectivity index (χ2n) is 8.71. The van der Waals surface area contributed by atoms with Gasteiger partial charge in [-0.25, -0.2) is 9.78 Å². The summed E-state index contributed by atoms with van der Waals surface area (Å²) in [7, 11) is 0. The highest BCUT2D eigenvalue weighted by Gasteiger charge is 2.41. The number of anilines is 1. The molecule has 1 saturated carbocycles. The quantitative estimate of drug-likeness (QED) is 0.423. The topological polar surface area (TPSA) is 88.5 Å². The van der Waals surface area contributed by atoms with Crippen molar-refractivity contribution < 1.29 is 19.4 Å². The third kappa shape index (κ3) is 3.91. The van der Waals surface area contributed by atoms with Crippen LogP contribution in [0.1, 0.15) is 61.1 Å². The number of aromatic nitrogens is 1. The Kier molecular flexibility index (Phi) is 5.60. The molecule has 0 saturated heterocycles. The van der Waals surface area contributed by atoms with Gasteiger partial charge in [0.05, 0.1) is 5.57 Å². The second kappa shape index (κ2) is 8.39. The monoisotopic (exact) mass is 458 g/mol. The lowest BCUT2D eigenvalue weighted by Crippen LogP contribution is -2.34.